The van der Waals surface area contributed by atoms with Gasteiger partial charge in [0.15, 0.2) is 0 Å². The summed E-state index contributed by atoms with van der Waals surface area (Å²) in [6, 6.07) is 6.43. The van der Waals surface area contributed by atoms with Crippen molar-refractivity contribution < 1.29 is 4.39 Å². The van der Waals surface area contributed by atoms with Crippen molar-refractivity contribution in [3.63, 3.8) is 0 Å². The highest BCUT2D eigenvalue weighted by atomic mass is 19.1. The first-order chi connectivity index (χ1) is 8.70. The molecule has 0 bridgehead atoms. The van der Waals surface area contributed by atoms with E-state index in [9.17, 15) is 4.39 Å². The lowest BCUT2D eigenvalue weighted by molar-refractivity contribution is 0.628. The maximum Gasteiger partial charge on any atom is 0.140 e. The van der Waals surface area contributed by atoms with Crippen LogP contribution in [0.5, 0.6) is 0 Å². The first kappa shape index (κ1) is 12.6. The second kappa shape index (κ2) is 5.63. The van der Waals surface area contributed by atoms with E-state index in [4.69, 9.17) is 0 Å². The van der Waals surface area contributed by atoms with E-state index in [-0.39, 0.29) is 5.82 Å². The number of rotatable bonds is 4. The quantitative estimate of drug-likeness (QED) is 0.742. The fourth-order valence-corrected chi connectivity index (χ4v) is 1.71. The standard InChI is InChI=1S/C15H17FN2/c1-3-12(2)8-10-18-11-9-17-15(18)13-4-6-14(16)7-5-13/h4-9,11H,3,10H2,1-2H3. The predicted octanol–water partition coefficient (Wildman–Crippen LogP) is 4.05. The van der Waals surface area contributed by atoms with Crippen LogP contribution in [-0.4, -0.2) is 9.55 Å². The zero-order valence-electron chi connectivity index (χ0n) is 10.7. The summed E-state index contributed by atoms with van der Waals surface area (Å²) in [6.07, 6.45) is 6.96. The van der Waals surface area contributed by atoms with Gasteiger partial charge in [0, 0.05) is 24.5 Å². The molecule has 3 heteroatoms. The van der Waals surface area contributed by atoms with Crippen LogP contribution in [0, 0.1) is 5.82 Å². The van der Waals surface area contributed by atoms with Crippen molar-refractivity contribution in [3.05, 3.63) is 54.1 Å². The maximum absolute atomic E-state index is 12.9. The van der Waals surface area contributed by atoms with Gasteiger partial charge in [0.25, 0.3) is 0 Å². The summed E-state index contributed by atoms with van der Waals surface area (Å²) in [5.41, 5.74) is 2.29. The van der Waals surface area contributed by atoms with Crippen LogP contribution in [0.25, 0.3) is 11.4 Å². The molecule has 1 aromatic heterocycles. The fourth-order valence-electron chi connectivity index (χ4n) is 1.71. The number of hydrogen-bond acceptors (Lipinski definition) is 1. The van der Waals surface area contributed by atoms with Crippen molar-refractivity contribution in [1.29, 1.82) is 0 Å². The number of allylic oxidation sites excluding steroid dienone is 2. The Kier molecular flexibility index (Phi) is 3.92. The van der Waals surface area contributed by atoms with E-state index in [1.165, 1.54) is 17.7 Å². The van der Waals surface area contributed by atoms with E-state index in [1.54, 1.807) is 18.3 Å². The van der Waals surface area contributed by atoms with Gasteiger partial charge in [0.1, 0.15) is 11.6 Å². The van der Waals surface area contributed by atoms with Gasteiger partial charge in [-0.2, -0.15) is 0 Å². The number of aromatic nitrogens is 2. The van der Waals surface area contributed by atoms with E-state index in [2.05, 4.69) is 29.5 Å². The molecule has 0 atom stereocenters. The molecule has 0 amide bonds. The van der Waals surface area contributed by atoms with Crippen LogP contribution in [0.15, 0.2) is 48.3 Å². The first-order valence-electron chi connectivity index (χ1n) is 6.13. The van der Waals surface area contributed by atoms with E-state index in [0.29, 0.717) is 0 Å². The average Bonchev–Trinajstić information content (AvgIpc) is 2.85. The van der Waals surface area contributed by atoms with Gasteiger partial charge < -0.3 is 4.57 Å². The van der Waals surface area contributed by atoms with Gasteiger partial charge in [-0.25, -0.2) is 9.37 Å². The van der Waals surface area contributed by atoms with Crippen molar-refractivity contribution in [2.75, 3.05) is 0 Å². The maximum atomic E-state index is 12.9. The number of benzene rings is 1. The van der Waals surface area contributed by atoms with Gasteiger partial charge in [-0.05, 0) is 37.6 Å². The summed E-state index contributed by atoms with van der Waals surface area (Å²) < 4.78 is 15.0. The second-order valence-electron chi connectivity index (χ2n) is 4.31. The summed E-state index contributed by atoms with van der Waals surface area (Å²) in [7, 11) is 0. The summed E-state index contributed by atoms with van der Waals surface area (Å²) in [5, 5.41) is 0. The molecule has 0 saturated heterocycles. The fraction of sp³-hybridized carbons (Fsp3) is 0.267. The topological polar surface area (TPSA) is 17.8 Å². The van der Waals surface area contributed by atoms with Gasteiger partial charge in [-0.3, -0.25) is 0 Å². The van der Waals surface area contributed by atoms with E-state index in [0.717, 1.165) is 24.4 Å². The molecule has 0 fully saturated rings. The third-order valence-corrected chi connectivity index (χ3v) is 3.01. The largest absolute Gasteiger partial charge is 0.327 e. The van der Waals surface area contributed by atoms with Crippen molar-refractivity contribution >= 4 is 0 Å². The van der Waals surface area contributed by atoms with Gasteiger partial charge in [-0.15, -0.1) is 0 Å². The summed E-state index contributed by atoms with van der Waals surface area (Å²) in [5.74, 6) is 0.647. The third kappa shape index (κ3) is 2.86. The summed E-state index contributed by atoms with van der Waals surface area (Å²) in [6.45, 7) is 5.06. The molecular formula is C15H17FN2. The Morgan fingerprint density at radius 2 is 2.06 bits per heavy atom. The second-order valence-corrected chi connectivity index (χ2v) is 4.31. The SMILES string of the molecule is CCC(C)=CCn1ccnc1-c1ccc(F)cc1. The molecule has 2 rings (SSSR count). The van der Waals surface area contributed by atoms with Crippen molar-refractivity contribution in [3.8, 4) is 11.4 Å². The lowest BCUT2D eigenvalue weighted by atomic mass is 10.2. The summed E-state index contributed by atoms with van der Waals surface area (Å²) in [4.78, 5) is 4.33. The molecular weight excluding hydrogens is 227 g/mol. The van der Waals surface area contributed by atoms with Crippen LogP contribution < -0.4 is 0 Å². The minimum absolute atomic E-state index is 0.224. The number of halogens is 1. The Balaban J connectivity index is 2.25. The Bertz CT molecular complexity index is 538. The highest BCUT2D eigenvalue weighted by molar-refractivity contribution is 5.55. The zero-order chi connectivity index (χ0) is 13.0. The minimum atomic E-state index is -0.224. The Morgan fingerprint density at radius 3 is 2.72 bits per heavy atom. The van der Waals surface area contributed by atoms with Crippen LogP contribution in [-0.2, 0) is 6.54 Å². The molecule has 0 aliphatic heterocycles. The lowest BCUT2D eigenvalue weighted by Gasteiger charge is -2.06. The molecule has 0 aliphatic rings. The highest BCUT2D eigenvalue weighted by Crippen LogP contribution is 2.18. The molecule has 0 unspecified atom stereocenters. The molecule has 0 radical (unpaired) electrons. The molecule has 18 heavy (non-hydrogen) atoms. The van der Waals surface area contributed by atoms with Crippen LogP contribution in [0.4, 0.5) is 4.39 Å². The smallest absolute Gasteiger partial charge is 0.140 e. The van der Waals surface area contributed by atoms with Crippen LogP contribution in [0.2, 0.25) is 0 Å². The predicted molar refractivity (Wildman–Crippen MR) is 71.7 cm³/mol. The molecule has 2 nitrogen and oxygen atoms in total. The molecule has 0 N–H and O–H groups in total. The van der Waals surface area contributed by atoms with Crippen molar-refractivity contribution in [2.24, 2.45) is 0 Å². The van der Waals surface area contributed by atoms with E-state index >= 15 is 0 Å². The van der Waals surface area contributed by atoms with Crippen LogP contribution >= 0.6 is 0 Å². The Hall–Kier alpha value is -1.90. The van der Waals surface area contributed by atoms with E-state index in [1.807, 2.05) is 6.20 Å². The number of hydrogen-bond donors (Lipinski definition) is 0. The first-order valence-corrected chi connectivity index (χ1v) is 6.13. The molecule has 94 valence electrons. The van der Waals surface area contributed by atoms with E-state index < -0.39 is 0 Å². The van der Waals surface area contributed by atoms with Crippen LogP contribution in [0.1, 0.15) is 20.3 Å². The minimum Gasteiger partial charge on any atom is -0.327 e. The Labute approximate surface area is 107 Å². The molecule has 0 saturated carbocycles. The van der Waals surface area contributed by atoms with Gasteiger partial charge >= 0.3 is 0 Å². The average molecular weight is 244 g/mol. The lowest BCUT2D eigenvalue weighted by Crippen LogP contribution is -1.98. The Morgan fingerprint density at radius 1 is 1.33 bits per heavy atom. The van der Waals surface area contributed by atoms with Gasteiger partial charge in [0.2, 0.25) is 0 Å². The third-order valence-electron chi connectivity index (χ3n) is 3.01. The van der Waals surface area contributed by atoms with Crippen molar-refractivity contribution in [2.45, 2.75) is 26.8 Å². The monoisotopic (exact) mass is 244 g/mol. The van der Waals surface area contributed by atoms with Gasteiger partial charge in [-0.1, -0.05) is 18.6 Å². The molecule has 1 aromatic carbocycles. The number of nitrogens with zero attached hydrogens (tertiary/aromatic N) is 2. The molecule has 2 aromatic rings. The normalized spacial score (nSPS) is 11.8. The molecule has 1 heterocycles. The molecule has 0 spiro atoms. The molecule has 0 aliphatic carbocycles. The number of imidazole rings is 1. The zero-order valence-corrected chi connectivity index (χ0v) is 10.7. The van der Waals surface area contributed by atoms with Crippen molar-refractivity contribution in [1.82, 2.24) is 9.55 Å². The van der Waals surface area contributed by atoms with Crippen LogP contribution in [0.3, 0.4) is 0 Å². The summed E-state index contributed by atoms with van der Waals surface area (Å²) >= 11 is 0. The van der Waals surface area contributed by atoms with Gasteiger partial charge in [0.05, 0.1) is 0 Å². The highest BCUT2D eigenvalue weighted by Gasteiger charge is 2.04.